The summed E-state index contributed by atoms with van der Waals surface area (Å²) in [6, 6.07) is 22.0. The second-order valence-electron chi connectivity index (χ2n) is 7.46. The zero-order chi connectivity index (χ0) is 21.5. The molecular formula is C27H26O3. The average molecular weight is 399 g/mol. The molecule has 0 amide bonds. The van der Waals surface area contributed by atoms with Gasteiger partial charge in [-0.25, -0.2) is 0 Å². The van der Waals surface area contributed by atoms with E-state index in [4.69, 9.17) is 0 Å². The fourth-order valence-corrected chi connectivity index (χ4v) is 3.55. The van der Waals surface area contributed by atoms with Gasteiger partial charge in [0.2, 0.25) is 0 Å². The Bertz CT molecular complexity index is 1060. The first-order valence-electron chi connectivity index (χ1n) is 10.4. The minimum Gasteiger partial charge on any atom is -0.295 e. The Kier molecular flexibility index (Phi) is 7.08. The first-order valence-corrected chi connectivity index (χ1v) is 10.4. The Morgan fingerprint density at radius 3 is 1.83 bits per heavy atom. The lowest BCUT2D eigenvalue weighted by Crippen LogP contribution is -2.20. The number of hydrogen-bond acceptors (Lipinski definition) is 3. The average Bonchev–Trinajstić information content (AvgIpc) is 2.78. The normalized spacial score (nSPS) is 11.8. The number of carbonyl (C=O) groups is 3. The zero-order valence-electron chi connectivity index (χ0n) is 17.5. The second-order valence-corrected chi connectivity index (χ2v) is 7.46. The molecule has 0 bridgehead atoms. The quantitative estimate of drug-likeness (QED) is 0.302. The summed E-state index contributed by atoms with van der Waals surface area (Å²) in [4.78, 5) is 35.7. The van der Waals surface area contributed by atoms with E-state index in [2.05, 4.69) is 6.92 Å². The molecule has 0 aliphatic heterocycles. The highest BCUT2D eigenvalue weighted by Crippen LogP contribution is 2.28. The molecule has 3 aromatic rings. The van der Waals surface area contributed by atoms with Crippen LogP contribution in [0.2, 0.25) is 0 Å². The van der Waals surface area contributed by atoms with Crippen molar-refractivity contribution in [1.29, 1.82) is 0 Å². The molecule has 3 nitrogen and oxygen atoms in total. The van der Waals surface area contributed by atoms with Gasteiger partial charge in [-0.05, 0) is 31.4 Å². The molecule has 0 radical (unpaired) electrons. The smallest absolute Gasteiger partial charge is 0.194 e. The molecule has 0 saturated carbocycles. The largest absolute Gasteiger partial charge is 0.295 e. The number of fused-ring (bicyclic) bond motifs is 2. The van der Waals surface area contributed by atoms with Crippen molar-refractivity contribution in [1.82, 2.24) is 0 Å². The van der Waals surface area contributed by atoms with Crippen molar-refractivity contribution in [2.45, 2.75) is 39.5 Å². The summed E-state index contributed by atoms with van der Waals surface area (Å²) in [7, 11) is 0. The molecule has 4 rings (SSSR count). The molecule has 0 atom stereocenters. The van der Waals surface area contributed by atoms with Crippen molar-refractivity contribution in [2.75, 3.05) is 0 Å². The summed E-state index contributed by atoms with van der Waals surface area (Å²) in [5.74, 6) is 0.0495. The van der Waals surface area contributed by atoms with Gasteiger partial charge in [0.05, 0.1) is 0 Å². The fraction of sp³-hybridized carbons (Fsp3) is 0.222. The molecule has 1 aliphatic carbocycles. The number of hydrogen-bond donors (Lipinski definition) is 0. The Hall–Kier alpha value is -3.33. The third kappa shape index (κ3) is 4.80. The standard InChI is InChI=1S/C19H18O2.C8H8O/c1-2-3-4-7-13-10-11-16-17(12-13)19(21)15-9-6-5-8-14(15)18(16)20;1-7(9)8-5-3-2-4-6-8/h5-6,8-12H,2-4,7H2,1H3;2-6H,1H3. The number of ketones is 3. The van der Waals surface area contributed by atoms with Gasteiger partial charge in [-0.1, -0.05) is 86.5 Å². The zero-order valence-corrected chi connectivity index (χ0v) is 17.5. The molecule has 30 heavy (non-hydrogen) atoms. The van der Waals surface area contributed by atoms with Crippen LogP contribution in [0.5, 0.6) is 0 Å². The molecule has 0 heterocycles. The van der Waals surface area contributed by atoms with E-state index in [1.165, 1.54) is 12.8 Å². The number of carbonyl (C=O) groups excluding carboxylic acids is 3. The number of rotatable bonds is 5. The van der Waals surface area contributed by atoms with Crippen molar-refractivity contribution in [3.63, 3.8) is 0 Å². The van der Waals surface area contributed by atoms with E-state index in [1.54, 1.807) is 31.2 Å². The van der Waals surface area contributed by atoms with E-state index in [0.29, 0.717) is 22.3 Å². The Labute approximate surface area is 177 Å². The van der Waals surface area contributed by atoms with Gasteiger partial charge in [0.1, 0.15) is 0 Å². The number of benzene rings is 3. The first kappa shape index (κ1) is 21.4. The van der Waals surface area contributed by atoms with Crippen LogP contribution in [0.4, 0.5) is 0 Å². The van der Waals surface area contributed by atoms with Crippen LogP contribution < -0.4 is 0 Å². The van der Waals surface area contributed by atoms with Crippen molar-refractivity contribution in [3.8, 4) is 0 Å². The molecule has 3 heteroatoms. The van der Waals surface area contributed by atoms with E-state index in [9.17, 15) is 14.4 Å². The van der Waals surface area contributed by atoms with Gasteiger partial charge >= 0.3 is 0 Å². The molecule has 0 unspecified atom stereocenters. The first-order chi connectivity index (χ1) is 14.5. The minimum atomic E-state index is -0.0414. The van der Waals surface area contributed by atoms with Crippen molar-refractivity contribution >= 4 is 17.3 Å². The molecule has 0 fully saturated rings. The van der Waals surface area contributed by atoms with Crippen LogP contribution in [-0.4, -0.2) is 17.3 Å². The molecular weight excluding hydrogens is 372 g/mol. The Morgan fingerprint density at radius 1 is 0.700 bits per heavy atom. The van der Waals surface area contributed by atoms with E-state index in [0.717, 1.165) is 24.0 Å². The highest BCUT2D eigenvalue weighted by atomic mass is 16.1. The summed E-state index contributed by atoms with van der Waals surface area (Å²) < 4.78 is 0. The molecule has 0 saturated heterocycles. The molecule has 0 N–H and O–H groups in total. The summed E-state index contributed by atoms with van der Waals surface area (Å²) in [5, 5.41) is 0. The lowest BCUT2D eigenvalue weighted by atomic mass is 9.83. The fourth-order valence-electron chi connectivity index (χ4n) is 3.55. The van der Waals surface area contributed by atoms with Crippen molar-refractivity contribution in [2.24, 2.45) is 0 Å². The number of aryl methyl sites for hydroxylation is 1. The van der Waals surface area contributed by atoms with Crippen LogP contribution in [-0.2, 0) is 6.42 Å². The van der Waals surface area contributed by atoms with Crippen LogP contribution in [0.15, 0.2) is 72.8 Å². The monoisotopic (exact) mass is 398 g/mol. The van der Waals surface area contributed by atoms with Gasteiger partial charge in [-0.2, -0.15) is 0 Å². The Balaban J connectivity index is 0.000000239. The van der Waals surface area contributed by atoms with Gasteiger partial charge in [-0.15, -0.1) is 0 Å². The predicted octanol–water partition coefficient (Wildman–Crippen LogP) is 6.08. The van der Waals surface area contributed by atoms with E-state index in [1.807, 2.05) is 48.5 Å². The van der Waals surface area contributed by atoms with Crippen LogP contribution in [0.1, 0.15) is 80.9 Å². The maximum Gasteiger partial charge on any atom is 0.194 e. The summed E-state index contributed by atoms with van der Waals surface area (Å²) in [6.45, 7) is 3.74. The highest BCUT2D eigenvalue weighted by molar-refractivity contribution is 6.28. The highest BCUT2D eigenvalue weighted by Gasteiger charge is 2.29. The molecule has 0 aromatic heterocycles. The van der Waals surface area contributed by atoms with Gasteiger partial charge in [-0.3, -0.25) is 14.4 Å². The third-order valence-corrected chi connectivity index (χ3v) is 5.24. The van der Waals surface area contributed by atoms with Crippen molar-refractivity contribution < 1.29 is 14.4 Å². The lowest BCUT2D eigenvalue weighted by molar-refractivity contribution is 0.0979. The van der Waals surface area contributed by atoms with Crippen molar-refractivity contribution in [3.05, 3.63) is 106 Å². The number of Topliss-reactive ketones (excluding diaryl/α,β-unsaturated/α-hetero) is 1. The van der Waals surface area contributed by atoms with E-state index >= 15 is 0 Å². The third-order valence-electron chi connectivity index (χ3n) is 5.24. The Morgan fingerprint density at radius 2 is 1.27 bits per heavy atom. The molecule has 3 aromatic carbocycles. The van der Waals surface area contributed by atoms with Crippen LogP contribution in [0, 0.1) is 0 Å². The van der Waals surface area contributed by atoms with Gasteiger partial charge < -0.3 is 0 Å². The van der Waals surface area contributed by atoms with E-state index < -0.39 is 0 Å². The lowest BCUT2D eigenvalue weighted by Gasteiger charge is -2.18. The van der Waals surface area contributed by atoms with Gasteiger partial charge in [0.25, 0.3) is 0 Å². The van der Waals surface area contributed by atoms with Crippen LogP contribution in [0.3, 0.4) is 0 Å². The predicted molar refractivity (Wildman–Crippen MR) is 119 cm³/mol. The topological polar surface area (TPSA) is 51.2 Å². The number of unbranched alkanes of at least 4 members (excludes halogenated alkanes) is 2. The van der Waals surface area contributed by atoms with Gasteiger partial charge in [0.15, 0.2) is 17.3 Å². The van der Waals surface area contributed by atoms with E-state index in [-0.39, 0.29) is 17.3 Å². The maximum atomic E-state index is 12.6. The molecule has 152 valence electrons. The SMILES string of the molecule is CC(=O)c1ccccc1.CCCCCc1ccc2c(c1)C(=O)c1ccccc1C2=O. The molecule has 0 spiro atoms. The van der Waals surface area contributed by atoms with Crippen LogP contribution in [0.25, 0.3) is 0 Å². The second kappa shape index (κ2) is 9.93. The summed E-state index contributed by atoms with van der Waals surface area (Å²) in [6.07, 6.45) is 4.45. The summed E-state index contributed by atoms with van der Waals surface area (Å²) in [5.41, 5.74) is 4.07. The maximum absolute atomic E-state index is 12.6. The minimum absolute atomic E-state index is 0.0301. The van der Waals surface area contributed by atoms with Gasteiger partial charge in [0, 0.05) is 27.8 Å². The molecule has 1 aliphatic rings. The van der Waals surface area contributed by atoms with Crippen LogP contribution >= 0.6 is 0 Å². The summed E-state index contributed by atoms with van der Waals surface area (Å²) >= 11 is 0.